The normalized spacial score (nSPS) is 19.6. The van der Waals surface area contributed by atoms with Crippen molar-refractivity contribution in [2.24, 2.45) is 5.92 Å². The van der Waals surface area contributed by atoms with Crippen LogP contribution in [0.4, 0.5) is 5.69 Å². The molecule has 1 saturated heterocycles. The van der Waals surface area contributed by atoms with E-state index in [0.29, 0.717) is 24.3 Å². The predicted molar refractivity (Wildman–Crippen MR) is 66.7 cm³/mol. The highest BCUT2D eigenvalue weighted by molar-refractivity contribution is 5.99. The number of aryl methyl sites for hydroxylation is 1. The monoisotopic (exact) mass is 234 g/mol. The summed E-state index contributed by atoms with van der Waals surface area (Å²) in [4.78, 5) is 14.0. The minimum absolute atomic E-state index is 0.0258. The Hall–Kier alpha value is -1.55. The highest BCUT2D eigenvalue weighted by atomic mass is 16.3. The summed E-state index contributed by atoms with van der Waals surface area (Å²) in [6, 6.07) is 5.50. The number of nitrogen functional groups attached to an aromatic ring is 1. The van der Waals surface area contributed by atoms with Crippen molar-refractivity contribution in [1.29, 1.82) is 0 Å². The van der Waals surface area contributed by atoms with Crippen molar-refractivity contribution in [1.82, 2.24) is 4.90 Å². The van der Waals surface area contributed by atoms with E-state index in [2.05, 4.69) is 0 Å². The standard InChI is InChI=1S/C13H18N2O2/c1-9-3-2-4-11(12(9)14)13(17)15-6-5-10(7-15)8-16/h2-4,10,16H,5-8,14H2,1H3. The first-order chi connectivity index (χ1) is 8.13. The average Bonchev–Trinajstić information content (AvgIpc) is 2.80. The molecule has 1 aliphatic rings. The summed E-state index contributed by atoms with van der Waals surface area (Å²) >= 11 is 0. The lowest BCUT2D eigenvalue weighted by molar-refractivity contribution is 0.0783. The second-order valence-corrected chi connectivity index (χ2v) is 4.62. The number of hydrogen-bond donors (Lipinski definition) is 2. The van der Waals surface area contributed by atoms with Crippen molar-refractivity contribution in [3.63, 3.8) is 0 Å². The van der Waals surface area contributed by atoms with Crippen molar-refractivity contribution in [3.8, 4) is 0 Å². The molecule has 0 aromatic heterocycles. The highest BCUT2D eigenvalue weighted by Crippen LogP contribution is 2.22. The van der Waals surface area contributed by atoms with Crippen LogP contribution in [0, 0.1) is 12.8 Å². The molecular formula is C13H18N2O2. The molecular weight excluding hydrogens is 216 g/mol. The van der Waals surface area contributed by atoms with Gasteiger partial charge in [0.1, 0.15) is 0 Å². The number of anilines is 1. The van der Waals surface area contributed by atoms with Crippen LogP contribution in [-0.4, -0.2) is 35.6 Å². The van der Waals surface area contributed by atoms with Crippen molar-refractivity contribution < 1.29 is 9.90 Å². The van der Waals surface area contributed by atoms with Gasteiger partial charge < -0.3 is 15.7 Å². The SMILES string of the molecule is Cc1cccc(C(=O)N2CCC(CO)C2)c1N. The number of carbonyl (C=O) groups excluding carboxylic acids is 1. The van der Waals surface area contributed by atoms with Gasteiger partial charge in [0, 0.05) is 31.3 Å². The van der Waals surface area contributed by atoms with Gasteiger partial charge >= 0.3 is 0 Å². The fraction of sp³-hybridized carbons (Fsp3) is 0.462. The van der Waals surface area contributed by atoms with Gasteiger partial charge in [0.2, 0.25) is 0 Å². The summed E-state index contributed by atoms with van der Waals surface area (Å²) < 4.78 is 0. The van der Waals surface area contributed by atoms with Gasteiger partial charge in [-0.1, -0.05) is 12.1 Å². The van der Waals surface area contributed by atoms with E-state index in [1.807, 2.05) is 19.1 Å². The number of amides is 1. The first-order valence-corrected chi connectivity index (χ1v) is 5.88. The van der Waals surface area contributed by atoms with E-state index in [4.69, 9.17) is 10.8 Å². The zero-order valence-corrected chi connectivity index (χ0v) is 10.0. The van der Waals surface area contributed by atoms with Crippen LogP contribution in [0.5, 0.6) is 0 Å². The zero-order valence-electron chi connectivity index (χ0n) is 10.0. The summed E-state index contributed by atoms with van der Waals surface area (Å²) in [5, 5.41) is 9.07. The molecule has 4 nitrogen and oxygen atoms in total. The predicted octanol–water partition coefficient (Wildman–Crippen LogP) is 1.03. The maximum atomic E-state index is 12.2. The molecule has 3 N–H and O–H groups in total. The third-order valence-corrected chi connectivity index (χ3v) is 3.39. The Bertz CT molecular complexity index is 431. The first-order valence-electron chi connectivity index (χ1n) is 5.88. The minimum Gasteiger partial charge on any atom is -0.398 e. The molecule has 0 saturated carbocycles. The molecule has 0 spiro atoms. The van der Waals surface area contributed by atoms with Gasteiger partial charge in [0.05, 0.1) is 5.56 Å². The second kappa shape index (κ2) is 4.75. The van der Waals surface area contributed by atoms with Crippen molar-refractivity contribution in [2.75, 3.05) is 25.4 Å². The molecule has 0 bridgehead atoms. The van der Waals surface area contributed by atoms with Crippen LogP contribution in [0.3, 0.4) is 0 Å². The molecule has 1 amide bonds. The fourth-order valence-electron chi connectivity index (χ4n) is 2.20. The van der Waals surface area contributed by atoms with Gasteiger partial charge in [-0.2, -0.15) is 0 Å². The maximum absolute atomic E-state index is 12.2. The Morgan fingerprint density at radius 1 is 1.59 bits per heavy atom. The van der Waals surface area contributed by atoms with Gasteiger partial charge in [0.15, 0.2) is 0 Å². The molecule has 1 atom stereocenters. The van der Waals surface area contributed by atoms with Crippen LogP contribution in [0.25, 0.3) is 0 Å². The maximum Gasteiger partial charge on any atom is 0.255 e. The number of nitrogens with two attached hydrogens (primary N) is 1. The second-order valence-electron chi connectivity index (χ2n) is 4.62. The molecule has 1 unspecified atom stereocenters. The Morgan fingerprint density at radius 3 is 3.00 bits per heavy atom. The lowest BCUT2D eigenvalue weighted by atomic mass is 10.1. The van der Waals surface area contributed by atoms with E-state index in [1.165, 1.54) is 0 Å². The molecule has 17 heavy (non-hydrogen) atoms. The lowest BCUT2D eigenvalue weighted by Crippen LogP contribution is -2.29. The Labute approximate surface area is 101 Å². The van der Waals surface area contributed by atoms with Crippen molar-refractivity contribution >= 4 is 11.6 Å². The van der Waals surface area contributed by atoms with Crippen molar-refractivity contribution in [2.45, 2.75) is 13.3 Å². The first kappa shape index (κ1) is 11.9. The van der Waals surface area contributed by atoms with Crippen LogP contribution >= 0.6 is 0 Å². The highest BCUT2D eigenvalue weighted by Gasteiger charge is 2.27. The number of benzene rings is 1. The number of aliphatic hydroxyl groups excluding tert-OH is 1. The number of likely N-dealkylation sites (tertiary alicyclic amines) is 1. The number of hydrogen-bond acceptors (Lipinski definition) is 3. The number of nitrogens with zero attached hydrogens (tertiary/aromatic N) is 1. The van der Waals surface area contributed by atoms with Gasteiger partial charge in [0.25, 0.3) is 5.91 Å². The van der Waals surface area contributed by atoms with Crippen LogP contribution in [0.15, 0.2) is 18.2 Å². The summed E-state index contributed by atoms with van der Waals surface area (Å²) in [5.41, 5.74) is 7.98. The number of rotatable bonds is 2. The van der Waals surface area contributed by atoms with Gasteiger partial charge in [-0.05, 0) is 25.0 Å². The van der Waals surface area contributed by atoms with Crippen LogP contribution in [0.1, 0.15) is 22.3 Å². The molecule has 4 heteroatoms. The Balaban J connectivity index is 2.18. The molecule has 0 aliphatic carbocycles. The van der Waals surface area contributed by atoms with E-state index >= 15 is 0 Å². The molecule has 1 aromatic rings. The third kappa shape index (κ3) is 2.26. The molecule has 1 heterocycles. The fourth-order valence-corrected chi connectivity index (χ4v) is 2.20. The van der Waals surface area contributed by atoms with Crippen LogP contribution < -0.4 is 5.73 Å². The van der Waals surface area contributed by atoms with E-state index in [1.54, 1.807) is 11.0 Å². The van der Waals surface area contributed by atoms with E-state index in [9.17, 15) is 4.79 Å². The summed E-state index contributed by atoms with van der Waals surface area (Å²) in [5.74, 6) is 0.187. The number of carbonyl (C=O) groups is 1. The molecule has 2 rings (SSSR count). The van der Waals surface area contributed by atoms with Gasteiger partial charge in [-0.3, -0.25) is 4.79 Å². The van der Waals surface area contributed by atoms with Crippen LogP contribution in [-0.2, 0) is 0 Å². The molecule has 1 aromatic carbocycles. The zero-order chi connectivity index (χ0) is 12.4. The van der Waals surface area contributed by atoms with Gasteiger partial charge in [-0.15, -0.1) is 0 Å². The smallest absolute Gasteiger partial charge is 0.255 e. The molecule has 92 valence electrons. The van der Waals surface area contributed by atoms with E-state index < -0.39 is 0 Å². The largest absolute Gasteiger partial charge is 0.398 e. The molecule has 1 fully saturated rings. The van der Waals surface area contributed by atoms with E-state index in [0.717, 1.165) is 12.0 Å². The quantitative estimate of drug-likeness (QED) is 0.751. The third-order valence-electron chi connectivity index (χ3n) is 3.39. The van der Waals surface area contributed by atoms with Gasteiger partial charge in [-0.25, -0.2) is 0 Å². The average molecular weight is 234 g/mol. The number of para-hydroxylation sites is 1. The number of aliphatic hydroxyl groups is 1. The Morgan fingerprint density at radius 2 is 2.35 bits per heavy atom. The minimum atomic E-state index is -0.0258. The van der Waals surface area contributed by atoms with E-state index in [-0.39, 0.29) is 18.4 Å². The van der Waals surface area contributed by atoms with Crippen molar-refractivity contribution in [3.05, 3.63) is 29.3 Å². The summed E-state index contributed by atoms with van der Waals surface area (Å²) in [7, 11) is 0. The van der Waals surface area contributed by atoms with Crippen LogP contribution in [0.2, 0.25) is 0 Å². The molecule has 1 aliphatic heterocycles. The summed E-state index contributed by atoms with van der Waals surface area (Å²) in [6.07, 6.45) is 0.869. The lowest BCUT2D eigenvalue weighted by Gasteiger charge is -2.18. The molecule has 0 radical (unpaired) electrons. The Kier molecular flexibility index (Phi) is 3.33. The topological polar surface area (TPSA) is 66.6 Å². The summed E-state index contributed by atoms with van der Waals surface area (Å²) in [6.45, 7) is 3.37.